The number of benzene rings is 1. The fourth-order valence-electron chi connectivity index (χ4n) is 4.84. The number of aromatic nitrogens is 1. The summed E-state index contributed by atoms with van der Waals surface area (Å²) in [6.45, 7) is 3.39. The molecule has 0 amide bonds. The zero-order chi connectivity index (χ0) is 23.8. The fraction of sp³-hybridized carbons (Fsp3) is 0.667. The second-order valence-electron chi connectivity index (χ2n) is 9.41. The molecule has 1 aliphatic carbocycles. The summed E-state index contributed by atoms with van der Waals surface area (Å²) in [7, 11) is 0. The van der Waals surface area contributed by atoms with E-state index in [1.54, 1.807) is 0 Å². The van der Waals surface area contributed by atoms with Crippen molar-refractivity contribution in [1.29, 1.82) is 0 Å². The van der Waals surface area contributed by atoms with E-state index in [4.69, 9.17) is 4.98 Å². The summed E-state index contributed by atoms with van der Waals surface area (Å²) >= 11 is 0. The van der Waals surface area contributed by atoms with E-state index in [9.17, 15) is 10.1 Å². The summed E-state index contributed by atoms with van der Waals surface area (Å²) in [6, 6.07) is 8.56. The van der Waals surface area contributed by atoms with E-state index in [-0.39, 0.29) is 6.61 Å². The molecule has 0 radical (unpaired) electrons. The summed E-state index contributed by atoms with van der Waals surface area (Å²) in [6.07, 6.45) is 16.4. The number of unbranched alkanes of at least 4 members (excludes halogenated alkanes) is 8. The Labute approximate surface area is 204 Å². The van der Waals surface area contributed by atoms with Crippen molar-refractivity contribution in [2.45, 2.75) is 89.9 Å². The first kappa shape index (κ1) is 26.2. The lowest BCUT2D eigenvalue weighted by atomic mass is 9.92. The second kappa shape index (κ2) is 15.5. The molecule has 0 spiro atoms. The van der Waals surface area contributed by atoms with Crippen molar-refractivity contribution >= 4 is 16.6 Å². The summed E-state index contributed by atoms with van der Waals surface area (Å²) < 4.78 is 0. The number of para-hydroxylation sites is 1. The minimum absolute atomic E-state index is 0.221. The van der Waals surface area contributed by atoms with Crippen molar-refractivity contribution < 1.29 is 9.92 Å². The molecular formula is C27H42N4O3. The lowest BCUT2D eigenvalue weighted by Gasteiger charge is -2.21. The minimum Gasteiger partial charge on any atom is -0.384 e. The van der Waals surface area contributed by atoms with E-state index in [1.165, 1.54) is 73.7 Å². The highest BCUT2D eigenvalue weighted by Crippen LogP contribution is 2.33. The Morgan fingerprint density at radius 2 is 1.50 bits per heavy atom. The lowest BCUT2D eigenvalue weighted by molar-refractivity contribution is -0.757. The number of anilines is 1. The highest BCUT2D eigenvalue weighted by atomic mass is 16.9. The van der Waals surface area contributed by atoms with Crippen LogP contribution in [0.1, 0.15) is 88.3 Å². The van der Waals surface area contributed by atoms with Crippen molar-refractivity contribution in [3.05, 3.63) is 45.6 Å². The first-order valence-electron chi connectivity index (χ1n) is 13.4. The van der Waals surface area contributed by atoms with E-state index < -0.39 is 5.09 Å². The number of hydrogen-bond acceptors (Lipinski definition) is 6. The molecule has 0 atom stereocenters. The third kappa shape index (κ3) is 9.09. The number of aryl methyl sites for hydroxylation is 1. The summed E-state index contributed by atoms with van der Waals surface area (Å²) in [5, 5.41) is 17.9. The van der Waals surface area contributed by atoms with Crippen molar-refractivity contribution in [1.82, 2.24) is 10.3 Å². The average molecular weight is 471 g/mol. The fourth-order valence-corrected chi connectivity index (χ4v) is 4.84. The maximum Gasteiger partial charge on any atom is 0.294 e. The molecule has 34 heavy (non-hydrogen) atoms. The zero-order valence-corrected chi connectivity index (χ0v) is 20.7. The van der Waals surface area contributed by atoms with Gasteiger partial charge in [0.25, 0.3) is 5.09 Å². The Morgan fingerprint density at radius 3 is 2.26 bits per heavy atom. The molecule has 7 nitrogen and oxygen atoms in total. The lowest BCUT2D eigenvalue weighted by Crippen LogP contribution is -2.16. The van der Waals surface area contributed by atoms with Crippen LogP contribution >= 0.6 is 0 Å². The molecule has 1 aliphatic rings. The van der Waals surface area contributed by atoms with Gasteiger partial charge in [0.05, 0.1) is 12.1 Å². The third-order valence-electron chi connectivity index (χ3n) is 6.70. The molecular weight excluding hydrogens is 428 g/mol. The maximum absolute atomic E-state index is 10.1. The van der Waals surface area contributed by atoms with Crippen LogP contribution in [0.2, 0.25) is 0 Å². The van der Waals surface area contributed by atoms with E-state index >= 15 is 0 Å². The first-order chi connectivity index (χ1) is 16.8. The molecule has 1 heterocycles. The van der Waals surface area contributed by atoms with Gasteiger partial charge in [-0.2, -0.15) is 0 Å². The molecule has 1 aromatic heterocycles. The van der Waals surface area contributed by atoms with Gasteiger partial charge < -0.3 is 15.5 Å². The normalized spacial score (nSPS) is 13.1. The van der Waals surface area contributed by atoms with Crippen LogP contribution < -0.4 is 10.6 Å². The van der Waals surface area contributed by atoms with Gasteiger partial charge in [-0.25, -0.2) is 0 Å². The monoisotopic (exact) mass is 470 g/mol. The number of rotatable bonds is 18. The van der Waals surface area contributed by atoms with Gasteiger partial charge in [0.15, 0.2) is 0 Å². The van der Waals surface area contributed by atoms with Crippen LogP contribution in [0, 0.1) is 10.1 Å². The van der Waals surface area contributed by atoms with Gasteiger partial charge in [-0.05, 0) is 76.1 Å². The van der Waals surface area contributed by atoms with Crippen LogP contribution in [-0.4, -0.2) is 36.3 Å². The van der Waals surface area contributed by atoms with Crippen LogP contribution in [0.15, 0.2) is 24.3 Å². The second-order valence-corrected chi connectivity index (χ2v) is 9.41. The highest BCUT2D eigenvalue weighted by molar-refractivity contribution is 5.93. The Bertz CT molecular complexity index is 874. The summed E-state index contributed by atoms with van der Waals surface area (Å²) in [5.74, 6) is 0. The third-order valence-corrected chi connectivity index (χ3v) is 6.70. The van der Waals surface area contributed by atoms with Crippen LogP contribution in [0.5, 0.6) is 0 Å². The number of nitrogens with zero attached hydrogens (tertiary/aromatic N) is 2. The maximum atomic E-state index is 10.1. The van der Waals surface area contributed by atoms with E-state index in [0.717, 1.165) is 63.7 Å². The van der Waals surface area contributed by atoms with Crippen molar-refractivity contribution in [2.75, 3.05) is 31.6 Å². The van der Waals surface area contributed by atoms with E-state index in [2.05, 4.69) is 39.7 Å². The van der Waals surface area contributed by atoms with E-state index in [0.29, 0.717) is 0 Å². The summed E-state index contributed by atoms with van der Waals surface area (Å²) in [5.41, 5.74) is 5.24. The molecule has 0 saturated heterocycles. The van der Waals surface area contributed by atoms with Gasteiger partial charge in [-0.3, -0.25) is 4.98 Å². The average Bonchev–Trinajstić information content (AvgIpc) is 2.85. The molecule has 0 aliphatic heterocycles. The molecule has 188 valence electrons. The van der Waals surface area contributed by atoms with Crippen molar-refractivity contribution in [2.24, 2.45) is 0 Å². The first-order valence-corrected chi connectivity index (χ1v) is 13.4. The smallest absolute Gasteiger partial charge is 0.294 e. The molecule has 0 unspecified atom stereocenters. The van der Waals surface area contributed by atoms with Gasteiger partial charge in [0.2, 0.25) is 0 Å². The molecule has 0 bridgehead atoms. The minimum atomic E-state index is -0.714. The van der Waals surface area contributed by atoms with Crippen LogP contribution in [0.25, 0.3) is 10.9 Å². The predicted molar refractivity (Wildman–Crippen MR) is 139 cm³/mol. The zero-order valence-electron chi connectivity index (χ0n) is 20.7. The molecule has 3 rings (SSSR count). The molecule has 2 N–H and O–H groups in total. The molecule has 0 fully saturated rings. The summed E-state index contributed by atoms with van der Waals surface area (Å²) in [4.78, 5) is 19.3. The molecule has 2 aromatic rings. The largest absolute Gasteiger partial charge is 0.384 e. The Balaban J connectivity index is 1.19. The SMILES string of the molecule is O=[N+]([O-])OCCCCCCNCCCCCCCCNc1c2c(nc3ccccc13)CCCC2. The van der Waals surface area contributed by atoms with E-state index in [1.807, 2.05) is 0 Å². The van der Waals surface area contributed by atoms with Crippen molar-refractivity contribution in [3.8, 4) is 0 Å². The van der Waals surface area contributed by atoms with Crippen LogP contribution in [0.3, 0.4) is 0 Å². The van der Waals surface area contributed by atoms with Crippen molar-refractivity contribution in [3.63, 3.8) is 0 Å². The quantitative estimate of drug-likeness (QED) is 0.153. The number of pyridine rings is 1. The molecule has 1 aromatic carbocycles. The topological polar surface area (TPSA) is 89.3 Å². The molecule has 7 heteroatoms. The Morgan fingerprint density at radius 1 is 0.853 bits per heavy atom. The highest BCUT2D eigenvalue weighted by Gasteiger charge is 2.17. The van der Waals surface area contributed by atoms with Gasteiger partial charge in [0, 0.05) is 23.3 Å². The predicted octanol–water partition coefficient (Wildman–Crippen LogP) is 6.22. The molecule has 0 saturated carbocycles. The van der Waals surface area contributed by atoms with Crippen LogP contribution in [0.4, 0.5) is 5.69 Å². The Kier molecular flexibility index (Phi) is 11.9. The number of hydrogen-bond donors (Lipinski definition) is 2. The number of fused-ring (bicyclic) bond motifs is 2. The van der Waals surface area contributed by atoms with Gasteiger partial charge in [-0.1, -0.05) is 56.7 Å². The standard InChI is InChI=1S/C27H42N4O3/c32-31(33)34-22-14-6-5-12-20-28-19-11-3-1-2-4-13-21-29-27-23-15-7-9-17-25(23)30-26-18-10-8-16-24(26)27/h7,9,15,17,28H,1-6,8,10-14,16,18-22H2,(H,29,30). The van der Waals surface area contributed by atoms with Gasteiger partial charge in [0.1, 0.15) is 0 Å². The number of nitrogens with one attached hydrogen (secondary N) is 2. The van der Waals surface area contributed by atoms with Gasteiger partial charge in [-0.15, -0.1) is 10.1 Å². The van der Waals surface area contributed by atoms with Gasteiger partial charge >= 0.3 is 0 Å². The Hall–Kier alpha value is -2.41. The van der Waals surface area contributed by atoms with Crippen LogP contribution in [-0.2, 0) is 17.7 Å².